The number of aliphatic carboxylic acids is 1. The van der Waals surface area contributed by atoms with Crippen LogP contribution in [0.4, 0.5) is 10.1 Å². The number of carbonyl (C=O) groups is 3. The quantitative estimate of drug-likeness (QED) is 0.600. The highest BCUT2D eigenvalue weighted by Crippen LogP contribution is 2.43. The Bertz CT molecular complexity index is 1130. The van der Waals surface area contributed by atoms with Gasteiger partial charge in [-0.05, 0) is 36.4 Å². The van der Waals surface area contributed by atoms with Crippen LogP contribution in [0.15, 0.2) is 47.2 Å². The molecule has 2 atom stereocenters. The van der Waals surface area contributed by atoms with Gasteiger partial charge in [0.25, 0.3) is 5.91 Å². The number of fused-ring (bicyclic) bond motifs is 1. The number of carbonyl (C=O) groups excluding carboxylic acids is 2. The minimum atomic E-state index is -1.24. The molecule has 9 heteroatoms. The highest BCUT2D eigenvalue weighted by atomic mass is 79.9. The molecule has 0 saturated carbocycles. The first-order valence-electron chi connectivity index (χ1n) is 8.34. The molecule has 1 aliphatic heterocycles. The highest BCUT2D eigenvalue weighted by molar-refractivity contribution is 9.10. The minimum Gasteiger partial charge on any atom is -0.481 e. The summed E-state index contributed by atoms with van der Waals surface area (Å²) in [7, 11) is 0. The third-order valence-electron chi connectivity index (χ3n) is 4.78. The van der Waals surface area contributed by atoms with Crippen molar-refractivity contribution < 1.29 is 23.9 Å². The Morgan fingerprint density at radius 1 is 1.25 bits per heavy atom. The predicted octanol–water partition coefficient (Wildman–Crippen LogP) is 3.21. The van der Waals surface area contributed by atoms with Crippen LogP contribution in [0.2, 0.25) is 0 Å². The number of carboxylic acids is 1. The van der Waals surface area contributed by atoms with E-state index < -0.39 is 41.9 Å². The van der Waals surface area contributed by atoms with Crippen LogP contribution in [0.25, 0.3) is 11.0 Å². The van der Waals surface area contributed by atoms with E-state index in [4.69, 9.17) is 0 Å². The summed E-state index contributed by atoms with van der Waals surface area (Å²) in [4.78, 5) is 44.9. The van der Waals surface area contributed by atoms with Crippen molar-refractivity contribution in [3.05, 3.63) is 58.6 Å². The summed E-state index contributed by atoms with van der Waals surface area (Å²) in [6.07, 6.45) is 0.911. The summed E-state index contributed by atoms with van der Waals surface area (Å²) in [5, 5.41) is 9.24. The van der Waals surface area contributed by atoms with Crippen LogP contribution in [-0.4, -0.2) is 32.7 Å². The monoisotopic (exact) mass is 445 g/mol. The fraction of sp³-hybridized carbons (Fsp3) is 0.158. The number of nitrogens with one attached hydrogen (secondary N) is 1. The van der Waals surface area contributed by atoms with Crippen molar-refractivity contribution in [3.8, 4) is 0 Å². The topological polar surface area (TPSA) is 103 Å². The number of benzene rings is 2. The molecule has 1 saturated heterocycles. The molecule has 1 fully saturated rings. The van der Waals surface area contributed by atoms with Crippen molar-refractivity contribution in [2.45, 2.75) is 12.5 Å². The molecule has 0 radical (unpaired) electrons. The lowest BCUT2D eigenvalue weighted by Gasteiger charge is -2.27. The number of amides is 1. The van der Waals surface area contributed by atoms with Gasteiger partial charge in [0.1, 0.15) is 5.82 Å². The van der Waals surface area contributed by atoms with Crippen molar-refractivity contribution in [1.29, 1.82) is 0 Å². The van der Waals surface area contributed by atoms with Crippen molar-refractivity contribution >= 4 is 50.3 Å². The van der Waals surface area contributed by atoms with Crippen LogP contribution in [-0.2, 0) is 14.4 Å². The third-order valence-corrected chi connectivity index (χ3v) is 5.27. The zero-order chi connectivity index (χ0) is 20.0. The van der Waals surface area contributed by atoms with Gasteiger partial charge >= 0.3 is 5.97 Å². The average Bonchev–Trinajstić information content (AvgIpc) is 3.21. The molecule has 1 amide bonds. The Balaban J connectivity index is 1.90. The first-order valence-corrected chi connectivity index (χ1v) is 9.13. The van der Waals surface area contributed by atoms with Gasteiger partial charge in [-0.15, -0.1) is 0 Å². The van der Waals surface area contributed by atoms with Gasteiger partial charge < -0.3 is 10.1 Å². The van der Waals surface area contributed by atoms with Gasteiger partial charge in [0.15, 0.2) is 0 Å². The molecule has 0 aliphatic carbocycles. The van der Waals surface area contributed by atoms with E-state index in [2.05, 4.69) is 25.9 Å². The molecule has 142 valence electrons. The number of ketones is 1. The molecule has 3 aromatic rings. The number of halogens is 2. The Hall–Kier alpha value is -3.07. The molecule has 4 rings (SSSR count). The summed E-state index contributed by atoms with van der Waals surface area (Å²) in [5.74, 6) is -4.78. The first-order chi connectivity index (χ1) is 13.4. The number of imidazole rings is 1. The Morgan fingerprint density at radius 2 is 2.04 bits per heavy atom. The van der Waals surface area contributed by atoms with Gasteiger partial charge in [-0.2, -0.15) is 0 Å². The summed E-state index contributed by atoms with van der Waals surface area (Å²) < 4.78 is 15.2. The Morgan fingerprint density at radius 3 is 2.79 bits per heavy atom. The molecular weight excluding hydrogens is 433 g/mol. The van der Waals surface area contributed by atoms with Gasteiger partial charge in [0, 0.05) is 15.7 Å². The summed E-state index contributed by atoms with van der Waals surface area (Å²) in [5.41, 5.74) is 1.72. The van der Waals surface area contributed by atoms with Crippen molar-refractivity contribution in [2.24, 2.45) is 5.92 Å². The van der Waals surface area contributed by atoms with Crippen molar-refractivity contribution in [1.82, 2.24) is 9.97 Å². The molecule has 2 unspecified atom stereocenters. The van der Waals surface area contributed by atoms with E-state index >= 15 is 0 Å². The molecule has 2 aromatic carbocycles. The smallest absolute Gasteiger partial charge is 0.304 e. The van der Waals surface area contributed by atoms with Gasteiger partial charge in [-0.1, -0.05) is 15.9 Å². The fourth-order valence-corrected chi connectivity index (χ4v) is 3.95. The SMILES string of the molecule is O=C(O)CC1C(=O)C(=O)N(c2ccc3nc[nH]c3c2)C1c1cc(Br)ccc1F. The van der Waals surface area contributed by atoms with Gasteiger partial charge in [0.2, 0.25) is 5.78 Å². The number of nitrogens with zero attached hydrogens (tertiary/aromatic N) is 2. The molecule has 0 spiro atoms. The maximum Gasteiger partial charge on any atom is 0.304 e. The molecular formula is C19H13BrFN3O4. The number of aromatic amines is 1. The van der Waals surface area contributed by atoms with Gasteiger partial charge in [-0.25, -0.2) is 9.37 Å². The summed E-state index contributed by atoms with van der Waals surface area (Å²) >= 11 is 3.26. The molecule has 1 aliphatic rings. The number of aromatic nitrogens is 2. The number of anilines is 1. The minimum absolute atomic E-state index is 0.0736. The van der Waals surface area contributed by atoms with Crippen molar-refractivity contribution in [3.63, 3.8) is 0 Å². The number of hydrogen-bond acceptors (Lipinski definition) is 4. The number of carboxylic acid groups (broad SMARTS) is 1. The molecule has 28 heavy (non-hydrogen) atoms. The van der Waals surface area contributed by atoms with Crippen LogP contribution in [0.1, 0.15) is 18.0 Å². The maximum atomic E-state index is 14.6. The number of H-pyrrole nitrogens is 1. The zero-order valence-electron chi connectivity index (χ0n) is 14.2. The molecule has 2 heterocycles. The lowest BCUT2D eigenvalue weighted by Crippen LogP contribution is -2.30. The van der Waals surface area contributed by atoms with E-state index in [1.54, 1.807) is 18.2 Å². The zero-order valence-corrected chi connectivity index (χ0v) is 15.8. The van der Waals surface area contributed by atoms with Crippen LogP contribution < -0.4 is 4.90 Å². The Labute approximate surface area is 166 Å². The number of rotatable bonds is 4. The average molecular weight is 446 g/mol. The van der Waals surface area contributed by atoms with E-state index in [0.717, 1.165) is 0 Å². The predicted molar refractivity (Wildman–Crippen MR) is 101 cm³/mol. The summed E-state index contributed by atoms with van der Waals surface area (Å²) in [6, 6.07) is 7.97. The molecule has 7 nitrogen and oxygen atoms in total. The number of hydrogen-bond donors (Lipinski definition) is 2. The second kappa shape index (κ2) is 6.83. The first kappa shape index (κ1) is 18.3. The second-order valence-electron chi connectivity index (χ2n) is 6.46. The number of Topliss-reactive ketones (excluding diaryl/α,β-unsaturated/α-hetero) is 1. The lowest BCUT2D eigenvalue weighted by molar-refractivity contribution is -0.141. The van der Waals surface area contributed by atoms with Crippen LogP contribution in [0, 0.1) is 11.7 Å². The van der Waals surface area contributed by atoms with Crippen LogP contribution in [0.3, 0.4) is 0 Å². The maximum absolute atomic E-state index is 14.6. The van der Waals surface area contributed by atoms with Gasteiger partial charge in [0.05, 0.1) is 35.7 Å². The third kappa shape index (κ3) is 2.97. The second-order valence-corrected chi connectivity index (χ2v) is 7.37. The lowest BCUT2D eigenvalue weighted by atomic mass is 9.89. The normalized spacial score (nSPS) is 19.6. The largest absolute Gasteiger partial charge is 0.481 e. The van der Waals surface area contributed by atoms with E-state index in [-0.39, 0.29) is 5.56 Å². The van der Waals surface area contributed by atoms with E-state index in [1.165, 1.54) is 29.4 Å². The van der Waals surface area contributed by atoms with Gasteiger partial charge in [-0.3, -0.25) is 19.3 Å². The van der Waals surface area contributed by atoms with E-state index in [0.29, 0.717) is 21.2 Å². The fourth-order valence-electron chi connectivity index (χ4n) is 3.57. The van der Waals surface area contributed by atoms with E-state index in [9.17, 15) is 23.9 Å². The van der Waals surface area contributed by atoms with Crippen LogP contribution >= 0.6 is 15.9 Å². The highest BCUT2D eigenvalue weighted by Gasteiger charge is 2.50. The Kier molecular flexibility index (Phi) is 4.46. The molecule has 2 N–H and O–H groups in total. The molecule has 0 bridgehead atoms. The standard InChI is InChI=1S/C19H13BrFN3O4/c20-9-1-3-13(21)11(5-9)17-12(7-16(25)26)18(27)19(28)24(17)10-2-4-14-15(6-10)23-8-22-14/h1-6,8,12,17H,7H2,(H,22,23)(H,25,26). The van der Waals surface area contributed by atoms with E-state index in [1.807, 2.05) is 0 Å². The summed E-state index contributed by atoms with van der Waals surface area (Å²) in [6.45, 7) is 0. The van der Waals surface area contributed by atoms with Crippen molar-refractivity contribution in [2.75, 3.05) is 4.90 Å². The van der Waals surface area contributed by atoms with Crippen LogP contribution in [0.5, 0.6) is 0 Å². The molecule has 1 aromatic heterocycles.